The van der Waals surface area contributed by atoms with E-state index in [0.717, 1.165) is 23.5 Å². The van der Waals surface area contributed by atoms with Crippen LogP contribution < -0.4 is 9.47 Å². The van der Waals surface area contributed by atoms with Gasteiger partial charge in [-0.15, -0.1) is 0 Å². The number of aliphatic hydroxyl groups excluding tert-OH is 1. The molecule has 2 rings (SSSR count). The number of hydrogen-bond acceptors (Lipinski definition) is 3. The smallest absolute Gasteiger partial charge is 0.125 e. The molecule has 15 heavy (non-hydrogen) atoms. The molecule has 1 aromatic rings. The second-order valence-corrected chi connectivity index (χ2v) is 3.80. The average Bonchev–Trinajstić information content (AvgIpc) is 2.28. The van der Waals surface area contributed by atoms with E-state index in [4.69, 9.17) is 9.47 Å². The van der Waals surface area contributed by atoms with E-state index in [1.54, 1.807) is 7.11 Å². The lowest BCUT2D eigenvalue weighted by molar-refractivity contribution is 0.0640. The predicted octanol–water partition coefficient (Wildman–Crippen LogP) is 2.29. The molecule has 3 heteroatoms. The van der Waals surface area contributed by atoms with E-state index >= 15 is 0 Å². The zero-order valence-corrected chi connectivity index (χ0v) is 9.06. The second-order valence-electron chi connectivity index (χ2n) is 3.80. The fraction of sp³-hybridized carbons (Fsp3) is 0.500. The van der Waals surface area contributed by atoms with Crippen LogP contribution in [-0.4, -0.2) is 18.3 Å². The summed E-state index contributed by atoms with van der Waals surface area (Å²) in [5.41, 5.74) is 0.832. The normalized spacial score (nSPS) is 24.2. The number of methoxy groups -OCH3 is 1. The van der Waals surface area contributed by atoms with Crippen molar-refractivity contribution in [1.82, 2.24) is 0 Å². The van der Waals surface area contributed by atoms with Crippen molar-refractivity contribution in [2.24, 2.45) is 0 Å². The fourth-order valence-corrected chi connectivity index (χ4v) is 1.87. The van der Waals surface area contributed by atoms with Gasteiger partial charge >= 0.3 is 0 Å². The van der Waals surface area contributed by atoms with Crippen LogP contribution in [0.25, 0.3) is 0 Å². The zero-order chi connectivity index (χ0) is 10.8. The number of ether oxygens (including phenoxy) is 2. The maximum Gasteiger partial charge on any atom is 0.125 e. The van der Waals surface area contributed by atoms with E-state index in [2.05, 4.69) is 6.92 Å². The Morgan fingerprint density at radius 1 is 1.53 bits per heavy atom. The van der Waals surface area contributed by atoms with Gasteiger partial charge in [0.1, 0.15) is 17.6 Å². The van der Waals surface area contributed by atoms with Crippen LogP contribution in [0.5, 0.6) is 11.5 Å². The highest BCUT2D eigenvalue weighted by atomic mass is 16.5. The van der Waals surface area contributed by atoms with E-state index in [-0.39, 0.29) is 6.10 Å². The average molecular weight is 208 g/mol. The molecule has 1 aliphatic heterocycles. The van der Waals surface area contributed by atoms with E-state index in [1.165, 1.54) is 0 Å². The Bertz CT molecular complexity index is 349. The van der Waals surface area contributed by atoms with Crippen LogP contribution in [0.15, 0.2) is 18.2 Å². The summed E-state index contributed by atoms with van der Waals surface area (Å²) in [6, 6.07) is 5.55. The molecule has 0 aromatic heterocycles. The predicted molar refractivity (Wildman–Crippen MR) is 57.3 cm³/mol. The SMILES string of the molecule is CCC1C[C@@H](O)c2cc(OC)ccc2O1. The van der Waals surface area contributed by atoms with Crippen molar-refractivity contribution in [2.75, 3.05) is 7.11 Å². The van der Waals surface area contributed by atoms with Crippen LogP contribution in [0, 0.1) is 0 Å². The lowest BCUT2D eigenvalue weighted by Crippen LogP contribution is -2.24. The van der Waals surface area contributed by atoms with Crippen LogP contribution in [0.4, 0.5) is 0 Å². The molecule has 1 unspecified atom stereocenters. The molecular weight excluding hydrogens is 192 g/mol. The highest BCUT2D eigenvalue weighted by Gasteiger charge is 2.25. The fourth-order valence-electron chi connectivity index (χ4n) is 1.87. The van der Waals surface area contributed by atoms with Crippen molar-refractivity contribution in [3.63, 3.8) is 0 Å². The van der Waals surface area contributed by atoms with Gasteiger partial charge in [-0.05, 0) is 24.6 Å². The van der Waals surface area contributed by atoms with Gasteiger partial charge in [0.15, 0.2) is 0 Å². The van der Waals surface area contributed by atoms with Crippen molar-refractivity contribution in [2.45, 2.75) is 32.0 Å². The summed E-state index contributed by atoms with van der Waals surface area (Å²) in [7, 11) is 1.62. The Morgan fingerprint density at radius 2 is 2.33 bits per heavy atom. The number of rotatable bonds is 2. The Hall–Kier alpha value is -1.22. The molecule has 0 amide bonds. The summed E-state index contributed by atoms with van der Waals surface area (Å²) in [6.07, 6.45) is 1.27. The van der Waals surface area contributed by atoms with Crippen molar-refractivity contribution >= 4 is 0 Å². The third kappa shape index (κ3) is 1.92. The molecule has 1 aliphatic rings. The molecule has 3 nitrogen and oxygen atoms in total. The van der Waals surface area contributed by atoms with Gasteiger partial charge in [0, 0.05) is 12.0 Å². The lowest BCUT2D eigenvalue weighted by Gasteiger charge is -2.29. The Labute approximate surface area is 89.6 Å². The molecule has 1 N–H and O–H groups in total. The summed E-state index contributed by atoms with van der Waals surface area (Å²) >= 11 is 0. The van der Waals surface area contributed by atoms with Gasteiger partial charge in [0.25, 0.3) is 0 Å². The van der Waals surface area contributed by atoms with Gasteiger partial charge in [-0.2, -0.15) is 0 Å². The molecule has 1 heterocycles. The van der Waals surface area contributed by atoms with E-state index in [9.17, 15) is 5.11 Å². The molecule has 0 aliphatic carbocycles. The summed E-state index contributed by atoms with van der Waals surface area (Å²) in [6.45, 7) is 2.06. The third-order valence-electron chi connectivity index (χ3n) is 2.81. The number of aliphatic hydroxyl groups is 1. The van der Waals surface area contributed by atoms with Gasteiger partial charge in [-0.1, -0.05) is 6.92 Å². The molecule has 0 radical (unpaired) electrons. The first kappa shape index (κ1) is 10.3. The largest absolute Gasteiger partial charge is 0.497 e. The first-order valence-corrected chi connectivity index (χ1v) is 5.27. The first-order chi connectivity index (χ1) is 7.24. The van der Waals surface area contributed by atoms with Crippen molar-refractivity contribution in [1.29, 1.82) is 0 Å². The number of fused-ring (bicyclic) bond motifs is 1. The van der Waals surface area contributed by atoms with Crippen LogP contribution in [-0.2, 0) is 0 Å². The van der Waals surface area contributed by atoms with Gasteiger partial charge in [-0.3, -0.25) is 0 Å². The van der Waals surface area contributed by atoms with Crippen LogP contribution in [0.2, 0.25) is 0 Å². The van der Waals surface area contributed by atoms with Crippen molar-refractivity contribution in [3.8, 4) is 11.5 Å². The van der Waals surface area contributed by atoms with Crippen molar-refractivity contribution < 1.29 is 14.6 Å². The molecule has 0 saturated heterocycles. The quantitative estimate of drug-likeness (QED) is 0.810. The Kier molecular flexibility index (Phi) is 2.82. The topological polar surface area (TPSA) is 38.7 Å². The molecule has 0 spiro atoms. The molecule has 82 valence electrons. The molecular formula is C12H16O3. The Morgan fingerprint density at radius 3 is 3.00 bits per heavy atom. The number of hydrogen-bond donors (Lipinski definition) is 1. The van der Waals surface area contributed by atoms with Crippen molar-refractivity contribution in [3.05, 3.63) is 23.8 Å². The molecule has 1 aromatic carbocycles. The summed E-state index contributed by atoms with van der Waals surface area (Å²) in [5.74, 6) is 1.53. The van der Waals surface area contributed by atoms with E-state index in [0.29, 0.717) is 6.42 Å². The summed E-state index contributed by atoms with van der Waals surface area (Å²) in [4.78, 5) is 0. The highest BCUT2D eigenvalue weighted by Crippen LogP contribution is 2.37. The molecule has 0 bridgehead atoms. The third-order valence-corrected chi connectivity index (χ3v) is 2.81. The maximum atomic E-state index is 9.95. The van der Waals surface area contributed by atoms with E-state index < -0.39 is 6.10 Å². The van der Waals surface area contributed by atoms with Gasteiger partial charge in [0.2, 0.25) is 0 Å². The van der Waals surface area contributed by atoms with Gasteiger partial charge in [0.05, 0.1) is 13.2 Å². The minimum absolute atomic E-state index is 0.126. The lowest BCUT2D eigenvalue weighted by atomic mass is 9.98. The Balaban J connectivity index is 2.32. The van der Waals surface area contributed by atoms with Gasteiger partial charge < -0.3 is 14.6 Å². The zero-order valence-electron chi connectivity index (χ0n) is 9.06. The molecule has 0 saturated carbocycles. The standard InChI is InChI=1S/C12H16O3/c1-3-8-7-11(13)10-6-9(14-2)4-5-12(10)15-8/h4-6,8,11,13H,3,7H2,1-2H3/t8?,11-/m1/s1. The second kappa shape index (κ2) is 4.11. The van der Waals surface area contributed by atoms with Gasteiger partial charge in [-0.25, -0.2) is 0 Å². The minimum Gasteiger partial charge on any atom is -0.497 e. The number of benzene rings is 1. The molecule has 0 fully saturated rings. The maximum absolute atomic E-state index is 9.95. The van der Waals surface area contributed by atoms with Crippen LogP contribution in [0.3, 0.4) is 0 Å². The van der Waals surface area contributed by atoms with Crippen LogP contribution >= 0.6 is 0 Å². The monoisotopic (exact) mass is 208 g/mol. The summed E-state index contributed by atoms with van der Waals surface area (Å²) in [5, 5.41) is 9.95. The summed E-state index contributed by atoms with van der Waals surface area (Å²) < 4.78 is 10.9. The first-order valence-electron chi connectivity index (χ1n) is 5.27. The van der Waals surface area contributed by atoms with Crippen LogP contribution in [0.1, 0.15) is 31.4 Å². The van der Waals surface area contributed by atoms with E-state index in [1.807, 2.05) is 18.2 Å². The highest BCUT2D eigenvalue weighted by molar-refractivity contribution is 5.42. The molecule has 2 atom stereocenters. The minimum atomic E-state index is -0.436.